The molecule has 2 aliphatic rings. The Labute approximate surface area is 242 Å². The van der Waals surface area contributed by atoms with Crippen LogP contribution in [0, 0.1) is 0 Å². The number of carbonyl (C=O) groups is 1. The third-order valence-corrected chi connectivity index (χ3v) is 9.62. The van der Waals surface area contributed by atoms with E-state index in [0.29, 0.717) is 42.5 Å². The lowest BCUT2D eigenvalue weighted by atomic mass is 10.00. The quantitative estimate of drug-likeness (QED) is 0.388. The Bertz CT molecular complexity index is 1500. The van der Waals surface area contributed by atoms with E-state index in [0.717, 1.165) is 41.7 Å². The number of thiazole rings is 1. The summed E-state index contributed by atoms with van der Waals surface area (Å²) in [6.45, 7) is 4.94. The number of hydrogen-bond acceptors (Lipinski definition) is 7. The number of rotatable bonds is 6. The van der Waals surface area contributed by atoms with Gasteiger partial charge in [0, 0.05) is 57.4 Å². The van der Waals surface area contributed by atoms with E-state index < -0.39 is 21.9 Å². The van der Waals surface area contributed by atoms with Crippen LogP contribution in [-0.4, -0.2) is 63.0 Å². The summed E-state index contributed by atoms with van der Waals surface area (Å²) < 4.78 is 65.7. The number of anilines is 3. The zero-order valence-corrected chi connectivity index (χ0v) is 23.9. The molecule has 1 aromatic heterocycles. The van der Waals surface area contributed by atoms with Gasteiger partial charge in [-0.05, 0) is 67.8 Å². The van der Waals surface area contributed by atoms with Crippen LogP contribution in [-0.2, 0) is 27.4 Å². The standard InChI is InChI=1S/C26H27ClF3N5O3S2.2H2/c1-17(35-10-2-3-18-15-19(27)4-9-22(18)35)24(36)34-13-11-33(12-14-34)20-5-7-21(8-6-20)40(37,38)32-25-31-23(16-39-25)26(28,29)30;;/h4-9,15-17H,2-3,10-14H2,1H3,(H,31,32);2*1H/t17-;;/m1../s1. The van der Waals surface area contributed by atoms with Crippen LogP contribution in [0.4, 0.5) is 29.7 Å². The molecular formula is C26H31ClF3N5O3S2. The molecule has 3 heterocycles. The highest BCUT2D eigenvalue weighted by atomic mass is 35.5. The van der Waals surface area contributed by atoms with E-state index in [4.69, 9.17) is 11.6 Å². The Balaban J connectivity index is 0.00000242. The molecule has 1 amide bonds. The van der Waals surface area contributed by atoms with Gasteiger partial charge in [-0.25, -0.2) is 13.4 Å². The molecule has 0 saturated carbocycles. The van der Waals surface area contributed by atoms with Gasteiger partial charge in [-0.1, -0.05) is 11.6 Å². The monoisotopic (exact) mass is 617 g/mol. The molecule has 1 fully saturated rings. The lowest BCUT2D eigenvalue weighted by Gasteiger charge is -2.41. The molecule has 218 valence electrons. The molecule has 0 unspecified atom stereocenters. The summed E-state index contributed by atoms with van der Waals surface area (Å²) in [5, 5.41) is 1.09. The first-order valence-corrected chi connectivity index (χ1v) is 15.4. The van der Waals surface area contributed by atoms with Crippen molar-refractivity contribution in [3.8, 4) is 0 Å². The van der Waals surface area contributed by atoms with Gasteiger partial charge in [0.15, 0.2) is 10.8 Å². The molecule has 0 bridgehead atoms. The molecule has 2 aromatic carbocycles. The zero-order chi connectivity index (χ0) is 28.7. The van der Waals surface area contributed by atoms with Crippen LogP contribution in [0.3, 0.4) is 0 Å². The fourth-order valence-electron chi connectivity index (χ4n) is 5.04. The number of sulfonamides is 1. The molecule has 0 spiro atoms. The van der Waals surface area contributed by atoms with Crippen molar-refractivity contribution in [3.05, 3.63) is 64.1 Å². The van der Waals surface area contributed by atoms with Crippen LogP contribution in [0.25, 0.3) is 0 Å². The number of aryl methyl sites for hydroxylation is 1. The Morgan fingerprint density at radius 3 is 2.45 bits per heavy atom. The number of amides is 1. The van der Waals surface area contributed by atoms with E-state index in [-0.39, 0.29) is 24.8 Å². The zero-order valence-electron chi connectivity index (χ0n) is 21.5. The van der Waals surface area contributed by atoms with E-state index in [2.05, 4.69) is 19.5 Å². The second kappa shape index (κ2) is 11.1. The molecule has 8 nitrogen and oxygen atoms in total. The van der Waals surface area contributed by atoms with E-state index in [1.165, 1.54) is 12.1 Å². The van der Waals surface area contributed by atoms with Crippen molar-refractivity contribution < 1.29 is 29.2 Å². The minimum atomic E-state index is -4.65. The van der Waals surface area contributed by atoms with Gasteiger partial charge in [0.2, 0.25) is 5.91 Å². The molecule has 14 heteroatoms. The number of hydrogen-bond donors (Lipinski definition) is 1. The third kappa shape index (κ3) is 6.01. The predicted molar refractivity (Wildman–Crippen MR) is 154 cm³/mol. The smallest absolute Gasteiger partial charge is 0.368 e. The summed E-state index contributed by atoms with van der Waals surface area (Å²) in [6.07, 6.45) is -2.76. The maximum Gasteiger partial charge on any atom is 0.434 e. The number of alkyl halides is 3. The van der Waals surface area contributed by atoms with Crippen molar-refractivity contribution in [1.29, 1.82) is 0 Å². The number of nitrogens with zero attached hydrogens (tertiary/aromatic N) is 4. The van der Waals surface area contributed by atoms with Crippen molar-refractivity contribution in [1.82, 2.24) is 9.88 Å². The van der Waals surface area contributed by atoms with Crippen LogP contribution in [0.15, 0.2) is 52.7 Å². The van der Waals surface area contributed by atoms with E-state index in [1.54, 1.807) is 12.1 Å². The highest BCUT2D eigenvalue weighted by Gasteiger charge is 2.34. The minimum Gasteiger partial charge on any atom is -0.368 e. The highest BCUT2D eigenvalue weighted by molar-refractivity contribution is 7.93. The van der Waals surface area contributed by atoms with E-state index in [1.807, 2.05) is 30.0 Å². The van der Waals surface area contributed by atoms with Crippen LogP contribution in [0.2, 0.25) is 5.02 Å². The molecule has 3 aromatic rings. The van der Waals surface area contributed by atoms with Crippen LogP contribution >= 0.6 is 22.9 Å². The summed E-state index contributed by atoms with van der Waals surface area (Å²) in [4.78, 5) is 22.7. The normalized spacial score (nSPS) is 17.0. The van der Waals surface area contributed by atoms with Gasteiger partial charge in [-0.3, -0.25) is 9.52 Å². The lowest BCUT2D eigenvalue weighted by Crippen LogP contribution is -2.55. The van der Waals surface area contributed by atoms with Gasteiger partial charge in [0.1, 0.15) is 6.04 Å². The van der Waals surface area contributed by atoms with Gasteiger partial charge in [0.25, 0.3) is 10.0 Å². The third-order valence-electron chi connectivity index (χ3n) is 7.14. The molecule has 0 aliphatic carbocycles. The van der Waals surface area contributed by atoms with Crippen LogP contribution < -0.4 is 14.5 Å². The van der Waals surface area contributed by atoms with Gasteiger partial charge < -0.3 is 14.7 Å². The molecule has 40 heavy (non-hydrogen) atoms. The number of halogens is 4. The molecule has 1 saturated heterocycles. The largest absolute Gasteiger partial charge is 0.434 e. The Morgan fingerprint density at radius 2 is 1.80 bits per heavy atom. The van der Waals surface area contributed by atoms with E-state index >= 15 is 0 Å². The Kier molecular flexibility index (Phi) is 7.90. The average Bonchev–Trinajstić information content (AvgIpc) is 3.40. The summed E-state index contributed by atoms with van der Waals surface area (Å²) in [6, 6.07) is 11.6. The minimum absolute atomic E-state index is 0. The molecule has 0 radical (unpaired) electrons. The number of fused-ring (bicyclic) bond motifs is 1. The fourth-order valence-corrected chi connectivity index (χ4v) is 7.21. The second-order valence-electron chi connectivity index (χ2n) is 9.69. The molecule has 1 N–H and O–H groups in total. The van der Waals surface area contributed by atoms with Crippen molar-refractivity contribution in [2.75, 3.05) is 47.2 Å². The summed E-state index contributed by atoms with van der Waals surface area (Å²) in [5.74, 6) is 0.0610. The fraction of sp³-hybridized carbons (Fsp3) is 0.385. The molecule has 1 atom stereocenters. The first-order valence-electron chi connectivity index (χ1n) is 12.7. The summed E-state index contributed by atoms with van der Waals surface area (Å²) in [5.41, 5.74) is 1.84. The van der Waals surface area contributed by atoms with Crippen molar-refractivity contribution >= 4 is 55.4 Å². The maximum absolute atomic E-state index is 13.4. The first-order chi connectivity index (χ1) is 18.9. The number of carbonyl (C=O) groups excluding carboxylic acids is 1. The van der Waals surface area contributed by atoms with Gasteiger partial charge >= 0.3 is 6.18 Å². The summed E-state index contributed by atoms with van der Waals surface area (Å²) in [7, 11) is -4.11. The maximum atomic E-state index is 13.4. The summed E-state index contributed by atoms with van der Waals surface area (Å²) >= 11 is 6.73. The van der Waals surface area contributed by atoms with Crippen LogP contribution in [0.5, 0.6) is 0 Å². The van der Waals surface area contributed by atoms with Gasteiger partial charge in [0.05, 0.1) is 4.90 Å². The Morgan fingerprint density at radius 1 is 1.10 bits per heavy atom. The SMILES string of the molecule is C[C@H](C(=O)N1CCN(c2ccc(S(=O)(=O)Nc3nc(C(F)(F)F)cs3)cc2)CC1)N1CCCc2cc(Cl)ccc21.[HH].[HH]. The molecular weight excluding hydrogens is 587 g/mol. The topological polar surface area (TPSA) is 85.8 Å². The number of aromatic nitrogens is 1. The Hall–Kier alpha value is -3.03. The van der Waals surface area contributed by atoms with Gasteiger partial charge in [-0.2, -0.15) is 13.2 Å². The number of piperazine rings is 1. The second-order valence-corrected chi connectivity index (χ2v) is 12.7. The van der Waals surface area contributed by atoms with Crippen molar-refractivity contribution in [3.63, 3.8) is 0 Å². The van der Waals surface area contributed by atoms with Gasteiger partial charge in [-0.15, -0.1) is 11.3 Å². The van der Waals surface area contributed by atoms with E-state index in [9.17, 15) is 26.4 Å². The first kappa shape index (κ1) is 28.5. The molecule has 5 rings (SSSR count). The number of benzene rings is 2. The lowest BCUT2D eigenvalue weighted by molar-refractivity contribution is -0.140. The van der Waals surface area contributed by atoms with Crippen LogP contribution in [0.1, 0.15) is 27.5 Å². The predicted octanol–water partition coefficient (Wildman–Crippen LogP) is 5.60. The van der Waals surface area contributed by atoms with Crippen molar-refractivity contribution in [2.24, 2.45) is 0 Å². The molecule has 2 aliphatic heterocycles. The average molecular weight is 618 g/mol. The number of nitrogens with one attached hydrogen (secondary N) is 1. The highest BCUT2D eigenvalue weighted by Crippen LogP contribution is 2.33. The van der Waals surface area contributed by atoms with Crippen molar-refractivity contribution in [2.45, 2.75) is 36.9 Å².